The number of allylic oxidation sites excluding steroid dienone is 1. The number of H-pyrrole nitrogens is 1. The van der Waals surface area contributed by atoms with Gasteiger partial charge in [0.05, 0.1) is 0 Å². The highest BCUT2D eigenvalue weighted by molar-refractivity contribution is 5.54. The molecule has 2 rings (SSSR count). The fourth-order valence-corrected chi connectivity index (χ4v) is 1.48. The van der Waals surface area contributed by atoms with Crippen LogP contribution in [0.4, 0.5) is 0 Å². The van der Waals surface area contributed by atoms with E-state index in [9.17, 15) is 0 Å². The summed E-state index contributed by atoms with van der Waals surface area (Å²) >= 11 is 0. The van der Waals surface area contributed by atoms with Gasteiger partial charge in [-0.2, -0.15) is 0 Å². The minimum absolute atomic E-state index is 1.20. The van der Waals surface area contributed by atoms with Crippen LogP contribution in [0.1, 0.15) is 37.1 Å². The molecule has 1 aliphatic carbocycles. The summed E-state index contributed by atoms with van der Waals surface area (Å²) in [5, 5.41) is 0. The Bertz CT molecular complexity index is 269. The van der Waals surface area contributed by atoms with E-state index in [2.05, 4.69) is 30.3 Å². The van der Waals surface area contributed by atoms with Gasteiger partial charge in [0.25, 0.3) is 0 Å². The first-order valence-corrected chi connectivity index (χ1v) is 4.71. The van der Waals surface area contributed by atoms with Crippen LogP contribution in [0, 0.1) is 6.92 Å². The van der Waals surface area contributed by atoms with Crippen molar-refractivity contribution in [3.63, 3.8) is 0 Å². The highest BCUT2D eigenvalue weighted by atomic mass is 14.7. The van der Waals surface area contributed by atoms with Crippen LogP contribution in [0.15, 0.2) is 12.3 Å². The SMILES string of the molecule is CC.Cc1c[nH]c2c1CCC=C2. The summed E-state index contributed by atoms with van der Waals surface area (Å²) in [6.07, 6.45) is 8.89. The molecule has 0 aliphatic heterocycles. The number of aromatic amines is 1. The first kappa shape index (κ1) is 9.11. The summed E-state index contributed by atoms with van der Waals surface area (Å²) in [5.74, 6) is 0. The molecule has 1 N–H and O–H groups in total. The first-order chi connectivity index (χ1) is 5.88. The van der Waals surface area contributed by atoms with Crippen molar-refractivity contribution in [2.75, 3.05) is 0 Å². The van der Waals surface area contributed by atoms with Gasteiger partial charge in [-0.25, -0.2) is 0 Å². The Hall–Kier alpha value is -0.980. The average Bonchev–Trinajstić information content (AvgIpc) is 2.53. The molecule has 0 atom stereocenters. The zero-order valence-corrected chi connectivity index (χ0v) is 8.15. The number of rotatable bonds is 0. The normalized spacial score (nSPS) is 13.2. The highest BCUT2D eigenvalue weighted by Gasteiger charge is 2.07. The quantitative estimate of drug-likeness (QED) is 0.604. The zero-order valence-electron chi connectivity index (χ0n) is 8.15. The Morgan fingerprint density at radius 2 is 2.08 bits per heavy atom. The summed E-state index contributed by atoms with van der Waals surface area (Å²) in [4.78, 5) is 3.24. The molecule has 1 aliphatic rings. The lowest BCUT2D eigenvalue weighted by Crippen LogP contribution is -1.91. The maximum absolute atomic E-state index is 3.24. The van der Waals surface area contributed by atoms with Crippen molar-refractivity contribution in [2.45, 2.75) is 33.6 Å². The molecule has 1 aromatic heterocycles. The van der Waals surface area contributed by atoms with E-state index in [4.69, 9.17) is 0 Å². The predicted octanol–water partition coefficient (Wildman–Crippen LogP) is 3.31. The molecular formula is C11H17N. The second-order valence-corrected chi connectivity index (χ2v) is 2.80. The molecule has 66 valence electrons. The van der Waals surface area contributed by atoms with Crippen LogP contribution >= 0.6 is 0 Å². The molecule has 0 spiro atoms. The van der Waals surface area contributed by atoms with Gasteiger partial charge < -0.3 is 4.98 Å². The van der Waals surface area contributed by atoms with E-state index in [1.165, 1.54) is 29.7 Å². The lowest BCUT2D eigenvalue weighted by Gasteiger charge is -2.04. The summed E-state index contributed by atoms with van der Waals surface area (Å²) in [5.41, 5.74) is 4.21. The van der Waals surface area contributed by atoms with E-state index in [1.54, 1.807) is 0 Å². The van der Waals surface area contributed by atoms with Crippen LogP contribution in [0.2, 0.25) is 0 Å². The molecule has 1 nitrogen and oxygen atoms in total. The lowest BCUT2D eigenvalue weighted by molar-refractivity contribution is 0.975. The van der Waals surface area contributed by atoms with Gasteiger partial charge in [0, 0.05) is 11.9 Å². The smallest absolute Gasteiger partial charge is 0.0412 e. The number of fused-ring (bicyclic) bond motifs is 1. The van der Waals surface area contributed by atoms with Gasteiger partial charge in [-0.3, -0.25) is 0 Å². The van der Waals surface area contributed by atoms with Crippen LogP contribution < -0.4 is 0 Å². The minimum atomic E-state index is 1.20. The van der Waals surface area contributed by atoms with Crippen LogP contribution in [0.3, 0.4) is 0 Å². The molecule has 12 heavy (non-hydrogen) atoms. The van der Waals surface area contributed by atoms with Crippen molar-refractivity contribution < 1.29 is 0 Å². The summed E-state index contributed by atoms with van der Waals surface area (Å²) in [6.45, 7) is 6.16. The standard InChI is InChI=1S/C9H11N.C2H6/c1-7-6-10-9-5-3-2-4-8(7)9;1-2/h3,5-6,10H,2,4H2,1H3;1-2H3. The number of aryl methyl sites for hydroxylation is 1. The number of hydrogen-bond donors (Lipinski definition) is 1. The van der Waals surface area contributed by atoms with Crippen LogP contribution in [-0.4, -0.2) is 4.98 Å². The molecular weight excluding hydrogens is 146 g/mol. The van der Waals surface area contributed by atoms with E-state index >= 15 is 0 Å². The van der Waals surface area contributed by atoms with Crippen LogP contribution in [0.25, 0.3) is 6.08 Å². The van der Waals surface area contributed by atoms with Crippen LogP contribution in [-0.2, 0) is 6.42 Å². The Labute approximate surface area is 74.5 Å². The van der Waals surface area contributed by atoms with E-state index in [0.717, 1.165) is 0 Å². The summed E-state index contributed by atoms with van der Waals surface area (Å²) in [6, 6.07) is 0. The minimum Gasteiger partial charge on any atom is -0.361 e. The van der Waals surface area contributed by atoms with Crippen molar-refractivity contribution in [1.29, 1.82) is 0 Å². The Morgan fingerprint density at radius 1 is 1.33 bits per heavy atom. The highest BCUT2D eigenvalue weighted by Crippen LogP contribution is 2.20. The maximum Gasteiger partial charge on any atom is 0.0412 e. The second-order valence-electron chi connectivity index (χ2n) is 2.80. The van der Waals surface area contributed by atoms with Crippen molar-refractivity contribution >= 4 is 6.08 Å². The van der Waals surface area contributed by atoms with Crippen molar-refractivity contribution in [1.82, 2.24) is 4.98 Å². The Kier molecular flexibility index (Phi) is 3.15. The van der Waals surface area contributed by atoms with Crippen LogP contribution in [0.5, 0.6) is 0 Å². The van der Waals surface area contributed by atoms with Gasteiger partial charge in [-0.05, 0) is 37.0 Å². The molecule has 0 radical (unpaired) electrons. The second kappa shape index (κ2) is 4.15. The molecule has 0 bridgehead atoms. The van der Waals surface area contributed by atoms with Gasteiger partial charge in [-0.15, -0.1) is 0 Å². The van der Waals surface area contributed by atoms with E-state index in [-0.39, 0.29) is 0 Å². The third kappa shape index (κ3) is 1.60. The molecule has 0 saturated carbocycles. The number of hydrogen-bond acceptors (Lipinski definition) is 0. The average molecular weight is 163 g/mol. The molecule has 1 heterocycles. The summed E-state index contributed by atoms with van der Waals surface area (Å²) < 4.78 is 0. The van der Waals surface area contributed by atoms with Gasteiger partial charge in [0.2, 0.25) is 0 Å². The fourth-order valence-electron chi connectivity index (χ4n) is 1.48. The topological polar surface area (TPSA) is 15.8 Å². The van der Waals surface area contributed by atoms with Gasteiger partial charge in [0.1, 0.15) is 0 Å². The van der Waals surface area contributed by atoms with E-state index in [1.807, 2.05) is 13.8 Å². The van der Waals surface area contributed by atoms with Gasteiger partial charge in [-0.1, -0.05) is 19.9 Å². The molecule has 0 fully saturated rings. The molecule has 1 heteroatoms. The Balaban J connectivity index is 0.000000336. The first-order valence-electron chi connectivity index (χ1n) is 4.71. The maximum atomic E-state index is 3.24. The molecule has 0 amide bonds. The molecule has 0 saturated heterocycles. The third-order valence-corrected chi connectivity index (χ3v) is 2.09. The van der Waals surface area contributed by atoms with Gasteiger partial charge >= 0.3 is 0 Å². The summed E-state index contributed by atoms with van der Waals surface area (Å²) in [7, 11) is 0. The largest absolute Gasteiger partial charge is 0.361 e. The Morgan fingerprint density at radius 3 is 2.75 bits per heavy atom. The van der Waals surface area contributed by atoms with Crippen molar-refractivity contribution in [3.05, 3.63) is 29.1 Å². The monoisotopic (exact) mass is 163 g/mol. The number of nitrogens with one attached hydrogen (secondary N) is 1. The fraction of sp³-hybridized carbons (Fsp3) is 0.455. The third-order valence-electron chi connectivity index (χ3n) is 2.09. The predicted molar refractivity (Wildman–Crippen MR) is 54.2 cm³/mol. The van der Waals surface area contributed by atoms with Gasteiger partial charge in [0.15, 0.2) is 0 Å². The van der Waals surface area contributed by atoms with E-state index < -0.39 is 0 Å². The zero-order chi connectivity index (χ0) is 8.97. The molecule has 1 aromatic rings. The van der Waals surface area contributed by atoms with Crippen molar-refractivity contribution in [2.24, 2.45) is 0 Å². The number of aromatic nitrogens is 1. The van der Waals surface area contributed by atoms with E-state index in [0.29, 0.717) is 0 Å². The van der Waals surface area contributed by atoms with Crippen molar-refractivity contribution in [3.8, 4) is 0 Å². The lowest BCUT2D eigenvalue weighted by atomic mass is 10.0. The molecule has 0 aromatic carbocycles. The molecule has 0 unspecified atom stereocenters.